The van der Waals surface area contributed by atoms with Crippen LogP contribution in [0.1, 0.15) is 67.2 Å². The van der Waals surface area contributed by atoms with Gasteiger partial charge in [-0.05, 0) is 50.3 Å². The molecule has 0 aliphatic heterocycles. The molecule has 136 valence electrons. The SMILES string of the molecule is C=C(CC1CC(=O)C(c2c(C)cc(C)cc2C)C1=O)NCCCCC. The number of rotatable bonds is 8. The summed E-state index contributed by atoms with van der Waals surface area (Å²) in [6.45, 7) is 13.1. The van der Waals surface area contributed by atoms with Crippen LogP contribution in [0.3, 0.4) is 0 Å². The molecule has 0 bridgehead atoms. The molecule has 1 saturated carbocycles. The van der Waals surface area contributed by atoms with Gasteiger partial charge in [-0.15, -0.1) is 0 Å². The van der Waals surface area contributed by atoms with E-state index in [1.165, 1.54) is 12.8 Å². The van der Waals surface area contributed by atoms with Crippen molar-refractivity contribution in [3.05, 3.63) is 46.7 Å². The molecule has 1 fully saturated rings. The van der Waals surface area contributed by atoms with Gasteiger partial charge in [0, 0.05) is 24.6 Å². The average molecular weight is 341 g/mol. The highest BCUT2D eigenvalue weighted by atomic mass is 16.2. The number of ketones is 2. The third kappa shape index (κ3) is 4.59. The van der Waals surface area contributed by atoms with E-state index >= 15 is 0 Å². The first-order valence-electron chi connectivity index (χ1n) is 9.41. The molecule has 0 aromatic heterocycles. The van der Waals surface area contributed by atoms with Gasteiger partial charge in [-0.2, -0.15) is 0 Å². The molecule has 2 atom stereocenters. The maximum Gasteiger partial charge on any atom is 0.151 e. The van der Waals surface area contributed by atoms with E-state index in [9.17, 15) is 9.59 Å². The van der Waals surface area contributed by atoms with Crippen molar-refractivity contribution < 1.29 is 9.59 Å². The van der Waals surface area contributed by atoms with Gasteiger partial charge in [0.25, 0.3) is 0 Å². The third-order valence-electron chi connectivity index (χ3n) is 5.13. The molecule has 0 spiro atoms. The van der Waals surface area contributed by atoms with Crippen LogP contribution >= 0.6 is 0 Å². The standard InChI is InChI=1S/C22H31NO2/c1-6-7-8-9-23-17(5)12-18-13-19(24)21(22(18)25)20-15(3)10-14(2)11-16(20)4/h10-11,18,21,23H,5-9,12-13H2,1-4H3. The molecule has 2 unspecified atom stereocenters. The van der Waals surface area contributed by atoms with Crippen LogP contribution in [0.2, 0.25) is 0 Å². The van der Waals surface area contributed by atoms with Crippen molar-refractivity contribution in [2.75, 3.05) is 6.54 Å². The first-order valence-corrected chi connectivity index (χ1v) is 9.41. The fraction of sp³-hybridized carbons (Fsp3) is 0.545. The number of aryl methyl sites for hydroxylation is 3. The first kappa shape index (κ1) is 19.4. The molecule has 1 N–H and O–H groups in total. The van der Waals surface area contributed by atoms with E-state index in [0.29, 0.717) is 12.8 Å². The van der Waals surface area contributed by atoms with E-state index in [0.717, 1.165) is 40.9 Å². The fourth-order valence-electron chi connectivity index (χ4n) is 3.99. The maximum atomic E-state index is 12.9. The number of benzene rings is 1. The highest BCUT2D eigenvalue weighted by Crippen LogP contribution is 2.38. The van der Waals surface area contributed by atoms with Gasteiger partial charge < -0.3 is 5.32 Å². The van der Waals surface area contributed by atoms with Crippen molar-refractivity contribution in [2.24, 2.45) is 5.92 Å². The third-order valence-corrected chi connectivity index (χ3v) is 5.13. The molecule has 3 heteroatoms. The van der Waals surface area contributed by atoms with Gasteiger partial charge in [0.2, 0.25) is 0 Å². The lowest BCUT2D eigenvalue weighted by atomic mass is 9.86. The quantitative estimate of drug-likeness (QED) is 0.558. The minimum absolute atomic E-state index is 0.0591. The number of Topliss-reactive ketones (excluding diaryl/α,β-unsaturated/α-hetero) is 2. The van der Waals surface area contributed by atoms with E-state index in [1.54, 1.807) is 0 Å². The summed E-state index contributed by atoms with van der Waals surface area (Å²) in [6, 6.07) is 4.12. The molecule has 1 aromatic carbocycles. The number of nitrogens with one attached hydrogen (secondary N) is 1. The van der Waals surface area contributed by atoms with Gasteiger partial charge >= 0.3 is 0 Å². The lowest BCUT2D eigenvalue weighted by Gasteiger charge is -2.17. The molecule has 0 heterocycles. The molecule has 0 radical (unpaired) electrons. The van der Waals surface area contributed by atoms with E-state index in [2.05, 4.69) is 31.0 Å². The summed E-state index contributed by atoms with van der Waals surface area (Å²) >= 11 is 0. The fourth-order valence-corrected chi connectivity index (χ4v) is 3.99. The minimum Gasteiger partial charge on any atom is -0.389 e. The second kappa shape index (κ2) is 8.46. The minimum atomic E-state index is -0.585. The normalized spacial score (nSPS) is 20.2. The topological polar surface area (TPSA) is 46.2 Å². The van der Waals surface area contributed by atoms with Gasteiger partial charge in [-0.3, -0.25) is 9.59 Å². The average Bonchev–Trinajstić information content (AvgIpc) is 2.78. The molecule has 0 amide bonds. The van der Waals surface area contributed by atoms with Crippen molar-refractivity contribution in [3.63, 3.8) is 0 Å². The smallest absolute Gasteiger partial charge is 0.151 e. The Hall–Kier alpha value is -1.90. The second-order valence-electron chi connectivity index (χ2n) is 7.46. The summed E-state index contributed by atoms with van der Waals surface area (Å²) in [5, 5.41) is 3.31. The monoisotopic (exact) mass is 341 g/mol. The second-order valence-corrected chi connectivity index (χ2v) is 7.46. The van der Waals surface area contributed by atoms with Gasteiger partial charge in [0.1, 0.15) is 11.7 Å². The van der Waals surface area contributed by atoms with Gasteiger partial charge in [0.15, 0.2) is 5.78 Å². The van der Waals surface area contributed by atoms with Crippen LogP contribution in [0.5, 0.6) is 0 Å². The van der Waals surface area contributed by atoms with E-state index in [-0.39, 0.29) is 17.5 Å². The van der Waals surface area contributed by atoms with E-state index < -0.39 is 5.92 Å². The predicted octanol–water partition coefficient (Wildman–Crippen LogP) is 4.54. The van der Waals surface area contributed by atoms with Crippen LogP contribution in [0.15, 0.2) is 24.4 Å². The Balaban J connectivity index is 2.07. The highest BCUT2D eigenvalue weighted by molar-refractivity contribution is 6.15. The maximum absolute atomic E-state index is 12.9. The zero-order valence-corrected chi connectivity index (χ0v) is 16.1. The Bertz CT molecular complexity index is 652. The molecule has 2 rings (SSSR count). The summed E-state index contributed by atoms with van der Waals surface area (Å²) in [5.41, 5.74) is 5.05. The van der Waals surface area contributed by atoms with Crippen LogP contribution < -0.4 is 5.32 Å². The summed E-state index contributed by atoms with van der Waals surface area (Å²) in [5.74, 6) is -0.692. The van der Waals surface area contributed by atoms with Crippen LogP contribution in [0.25, 0.3) is 0 Å². The Labute approximate surface area is 151 Å². The lowest BCUT2D eigenvalue weighted by molar-refractivity contribution is -0.124. The molecular weight excluding hydrogens is 310 g/mol. The number of unbranched alkanes of at least 4 members (excludes halogenated alkanes) is 2. The zero-order valence-electron chi connectivity index (χ0n) is 16.1. The van der Waals surface area contributed by atoms with Crippen LogP contribution in [0.4, 0.5) is 0 Å². The molecule has 1 aliphatic carbocycles. The lowest BCUT2D eigenvalue weighted by Crippen LogP contribution is -2.21. The van der Waals surface area contributed by atoms with Crippen molar-refractivity contribution in [1.29, 1.82) is 0 Å². The van der Waals surface area contributed by atoms with Crippen LogP contribution in [-0.2, 0) is 9.59 Å². The van der Waals surface area contributed by atoms with E-state index in [4.69, 9.17) is 0 Å². The first-order chi connectivity index (χ1) is 11.8. The van der Waals surface area contributed by atoms with Gasteiger partial charge in [-0.1, -0.05) is 44.0 Å². The van der Waals surface area contributed by atoms with Gasteiger partial charge in [0.05, 0.1) is 0 Å². The molecule has 1 aliphatic rings. The number of hydrogen-bond donors (Lipinski definition) is 1. The van der Waals surface area contributed by atoms with Crippen molar-refractivity contribution in [2.45, 2.75) is 65.7 Å². The summed E-state index contributed by atoms with van der Waals surface area (Å²) in [4.78, 5) is 25.5. The summed E-state index contributed by atoms with van der Waals surface area (Å²) in [6.07, 6.45) is 4.39. The Morgan fingerprint density at radius 2 is 1.80 bits per heavy atom. The number of carbonyl (C=O) groups is 2. The van der Waals surface area contributed by atoms with Crippen molar-refractivity contribution in [1.82, 2.24) is 5.32 Å². The molecule has 0 saturated heterocycles. The van der Waals surface area contributed by atoms with Gasteiger partial charge in [-0.25, -0.2) is 0 Å². The van der Waals surface area contributed by atoms with Crippen LogP contribution in [-0.4, -0.2) is 18.1 Å². The van der Waals surface area contributed by atoms with E-state index in [1.807, 2.05) is 20.8 Å². The van der Waals surface area contributed by atoms with Crippen molar-refractivity contribution >= 4 is 11.6 Å². The molecule has 1 aromatic rings. The summed E-state index contributed by atoms with van der Waals surface area (Å²) < 4.78 is 0. The number of carbonyl (C=O) groups excluding carboxylic acids is 2. The Morgan fingerprint density at radius 3 is 2.40 bits per heavy atom. The van der Waals surface area contributed by atoms with Crippen LogP contribution in [0, 0.1) is 26.7 Å². The molecule has 3 nitrogen and oxygen atoms in total. The Kier molecular flexibility index (Phi) is 6.57. The number of hydrogen-bond acceptors (Lipinski definition) is 3. The molecule has 25 heavy (non-hydrogen) atoms. The number of allylic oxidation sites excluding steroid dienone is 1. The Morgan fingerprint density at radius 1 is 1.16 bits per heavy atom. The van der Waals surface area contributed by atoms with Crippen molar-refractivity contribution in [3.8, 4) is 0 Å². The predicted molar refractivity (Wildman–Crippen MR) is 103 cm³/mol. The molecular formula is C22H31NO2. The zero-order chi connectivity index (χ0) is 18.6. The summed E-state index contributed by atoms with van der Waals surface area (Å²) in [7, 11) is 0. The largest absolute Gasteiger partial charge is 0.389 e. The highest BCUT2D eigenvalue weighted by Gasteiger charge is 2.43.